The monoisotopic (exact) mass is 181 g/mol. The average Bonchev–Trinajstić information content (AvgIpc) is 2.09. The van der Waals surface area contributed by atoms with Crippen molar-refractivity contribution in [2.75, 3.05) is 7.05 Å². The second kappa shape index (κ2) is 4.14. The van der Waals surface area contributed by atoms with Crippen LogP contribution in [-0.4, -0.2) is 12.8 Å². The zero-order valence-electron chi connectivity index (χ0n) is 7.67. The number of halogens is 1. The van der Waals surface area contributed by atoms with E-state index in [1.165, 1.54) is 19.1 Å². The number of rotatable bonds is 3. The van der Waals surface area contributed by atoms with Gasteiger partial charge in [0.1, 0.15) is 5.82 Å². The Morgan fingerprint density at radius 1 is 1.38 bits per heavy atom. The summed E-state index contributed by atoms with van der Waals surface area (Å²) in [7, 11) is 1.70. The Bertz CT molecular complexity index is 294. The molecule has 1 N–H and O–H groups in total. The van der Waals surface area contributed by atoms with Gasteiger partial charge < -0.3 is 5.32 Å². The average molecular weight is 181 g/mol. The fourth-order valence-electron chi connectivity index (χ4n) is 1.26. The fraction of sp³-hybridized carbons (Fsp3) is 0.300. The van der Waals surface area contributed by atoms with Gasteiger partial charge in [-0.1, -0.05) is 12.1 Å². The van der Waals surface area contributed by atoms with Crippen LogP contribution in [0, 0.1) is 5.82 Å². The minimum atomic E-state index is -0.333. The van der Waals surface area contributed by atoms with Crippen molar-refractivity contribution in [2.24, 2.45) is 0 Å². The number of ketones is 1. The van der Waals surface area contributed by atoms with Crippen molar-refractivity contribution >= 4 is 5.78 Å². The van der Waals surface area contributed by atoms with Crippen molar-refractivity contribution in [3.63, 3.8) is 0 Å². The minimum absolute atomic E-state index is 0.0223. The van der Waals surface area contributed by atoms with E-state index in [1.54, 1.807) is 19.2 Å². The predicted molar refractivity (Wildman–Crippen MR) is 48.9 cm³/mol. The highest BCUT2D eigenvalue weighted by molar-refractivity contribution is 5.82. The van der Waals surface area contributed by atoms with Crippen LogP contribution < -0.4 is 5.32 Å². The first kappa shape index (κ1) is 9.86. The molecule has 70 valence electrons. The number of carbonyl (C=O) groups is 1. The molecule has 1 atom stereocenters. The van der Waals surface area contributed by atoms with Gasteiger partial charge in [-0.25, -0.2) is 4.39 Å². The van der Waals surface area contributed by atoms with Crippen molar-refractivity contribution in [2.45, 2.75) is 13.0 Å². The lowest BCUT2D eigenvalue weighted by atomic mass is 10.0. The van der Waals surface area contributed by atoms with Gasteiger partial charge >= 0.3 is 0 Å². The van der Waals surface area contributed by atoms with E-state index in [1.807, 2.05) is 0 Å². The molecule has 0 spiro atoms. The molecule has 0 bridgehead atoms. The third kappa shape index (κ3) is 2.36. The normalized spacial score (nSPS) is 12.5. The zero-order chi connectivity index (χ0) is 9.84. The fourth-order valence-corrected chi connectivity index (χ4v) is 1.26. The molecule has 1 unspecified atom stereocenters. The largest absolute Gasteiger partial charge is 0.307 e. The minimum Gasteiger partial charge on any atom is -0.307 e. The smallest absolute Gasteiger partial charge is 0.151 e. The molecule has 0 fully saturated rings. The molecule has 0 aliphatic rings. The summed E-state index contributed by atoms with van der Waals surface area (Å²) in [6.45, 7) is 1.50. The van der Waals surface area contributed by atoms with E-state index >= 15 is 0 Å². The first-order chi connectivity index (χ1) is 6.15. The lowest BCUT2D eigenvalue weighted by Crippen LogP contribution is -2.23. The maximum Gasteiger partial charge on any atom is 0.151 e. The summed E-state index contributed by atoms with van der Waals surface area (Å²) in [5, 5.41) is 2.87. The van der Waals surface area contributed by atoms with Gasteiger partial charge in [0.25, 0.3) is 0 Å². The highest BCUT2D eigenvalue weighted by Gasteiger charge is 2.13. The van der Waals surface area contributed by atoms with E-state index in [2.05, 4.69) is 5.32 Å². The molecule has 0 aromatic heterocycles. The number of Topliss-reactive ketones (excluding diaryl/α,β-unsaturated/α-hetero) is 1. The summed E-state index contributed by atoms with van der Waals surface area (Å²) in [6.07, 6.45) is 0. The van der Waals surface area contributed by atoms with Crippen molar-refractivity contribution in [1.82, 2.24) is 5.32 Å². The number of likely N-dealkylation sites (N-methyl/N-ethyl adjacent to an activating group) is 1. The molecule has 0 heterocycles. The second-order valence-electron chi connectivity index (χ2n) is 2.88. The van der Waals surface area contributed by atoms with Crippen molar-refractivity contribution < 1.29 is 9.18 Å². The molecule has 2 nitrogen and oxygen atoms in total. The third-order valence-corrected chi connectivity index (χ3v) is 1.90. The van der Waals surface area contributed by atoms with E-state index in [4.69, 9.17) is 0 Å². The van der Waals surface area contributed by atoms with Gasteiger partial charge in [-0.2, -0.15) is 0 Å². The van der Waals surface area contributed by atoms with Crippen LogP contribution in [0.3, 0.4) is 0 Å². The topological polar surface area (TPSA) is 29.1 Å². The molecule has 0 amide bonds. The Balaban J connectivity index is 2.92. The summed E-state index contributed by atoms with van der Waals surface area (Å²) in [5.41, 5.74) is 0.788. The summed E-state index contributed by atoms with van der Waals surface area (Å²) in [5.74, 6) is -0.267. The van der Waals surface area contributed by atoms with Crippen LogP contribution in [0.5, 0.6) is 0 Å². The molecule has 1 rings (SSSR count). The van der Waals surface area contributed by atoms with Gasteiger partial charge in [-0.15, -0.1) is 0 Å². The van der Waals surface area contributed by atoms with Crippen LogP contribution in [0.25, 0.3) is 0 Å². The van der Waals surface area contributed by atoms with Gasteiger partial charge in [0.05, 0.1) is 6.04 Å². The Morgan fingerprint density at radius 2 is 1.92 bits per heavy atom. The molecule has 13 heavy (non-hydrogen) atoms. The maximum absolute atomic E-state index is 12.5. The maximum atomic E-state index is 12.5. The van der Waals surface area contributed by atoms with Crippen LogP contribution in [0.2, 0.25) is 0 Å². The second-order valence-corrected chi connectivity index (χ2v) is 2.88. The molecule has 0 saturated carbocycles. The molecule has 3 heteroatoms. The van der Waals surface area contributed by atoms with Gasteiger partial charge in [-0.3, -0.25) is 4.79 Å². The van der Waals surface area contributed by atoms with Gasteiger partial charge in [0, 0.05) is 0 Å². The summed E-state index contributed by atoms with van der Waals surface area (Å²) < 4.78 is 12.5. The number of hydrogen-bond donors (Lipinski definition) is 1. The first-order valence-corrected chi connectivity index (χ1v) is 4.08. The molecule has 0 radical (unpaired) electrons. The summed E-state index contributed by atoms with van der Waals surface area (Å²) in [4.78, 5) is 11.1. The number of benzene rings is 1. The molecule has 1 aromatic carbocycles. The zero-order valence-corrected chi connectivity index (χ0v) is 7.67. The quantitative estimate of drug-likeness (QED) is 0.768. The Labute approximate surface area is 76.8 Å². The van der Waals surface area contributed by atoms with Crippen molar-refractivity contribution in [1.29, 1.82) is 0 Å². The highest BCUT2D eigenvalue weighted by Crippen LogP contribution is 2.13. The Kier molecular flexibility index (Phi) is 3.14. The number of carbonyl (C=O) groups excluding carboxylic acids is 1. The first-order valence-electron chi connectivity index (χ1n) is 4.08. The van der Waals surface area contributed by atoms with Crippen LogP contribution in [0.4, 0.5) is 4.39 Å². The van der Waals surface area contributed by atoms with E-state index in [0.29, 0.717) is 0 Å². The summed E-state index contributed by atoms with van der Waals surface area (Å²) >= 11 is 0. The lowest BCUT2D eigenvalue weighted by molar-refractivity contribution is -0.119. The standard InChI is InChI=1S/C10H12FNO/c1-7(13)10(12-2)8-3-5-9(11)6-4-8/h3-6,10,12H,1-2H3. The van der Waals surface area contributed by atoms with Gasteiger partial charge in [0.15, 0.2) is 5.78 Å². The van der Waals surface area contributed by atoms with E-state index < -0.39 is 0 Å². The van der Waals surface area contributed by atoms with Gasteiger partial charge in [0.2, 0.25) is 0 Å². The van der Waals surface area contributed by atoms with Crippen LogP contribution in [-0.2, 0) is 4.79 Å². The Morgan fingerprint density at radius 3 is 2.31 bits per heavy atom. The summed E-state index contributed by atoms with van der Waals surface area (Å²) in [6, 6.07) is 5.58. The van der Waals surface area contributed by atoms with Crippen LogP contribution in [0.15, 0.2) is 24.3 Å². The lowest BCUT2D eigenvalue weighted by Gasteiger charge is -2.12. The van der Waals surface area contributed by atoms with Crippen LogP contribution >= 0.6 is 0 Å². The third-order valence-electron chi connectivity index (χ3n) is 1.90. The van der Waals surface area contributed by atoms with E-state index in [0.717, 1.165) is 5.56 Å². The molecule has 0 aliphatic carbocycles. The molecular formula is C10H12FNO. The van der Waals surface area contributed by atoms with E-state index in [-0.39, 0.29) is 17.6 Å². The molecule has 0 aliphatic heterocycles. The van der Waals surface area contributed by atoms with Gasteiger partial charge in [-0.05, 0) is 31.7 Å². The molecule has 1 aromatic rings. The van der Waals surface area contributed by atoms with Crippen molar-refractivity contribution in [3.05, 3.63) is 35.6 Å². The molecule has 0 saturated heterocycles. The van der Waals surface area contributed by atoms with Crippen LogP contribution in [0.1, 0.15) is 18.5 Å². The molecular weight excluding hydrogens is 169 g/mol. The Hall–Kier alpha value is -1.22. The van der Waals surface area contributed by atoms with E-state index in [9.17, 15) is 9.18 Å². The highest BCUT2D eigenvalue weighted by atomic mass is 19.1. The number of hydrogen-bond acceptors (Lipinski definition) is 2. The number of nitrogens with one attached hydrogen (secondary N) is 1. The SMILES string of the molecule is CNC(C(C)=O)c1ccc(F)cc1. The predicted octanol–water partition coefficient (Wildman–Crippen LogP) is 1.68. The van der Waals surface area contributed by atoms with Crippen molar-refractivity contribution in [3.8, 4) is 0 Å².